The molecular formula is C15H21NO5. The minimum Gasteiger partial charge on any atom is -0.493 e. The summed E-state index contributed by atoms with van der Waals surface area (Å²) in [5.41, 5.74) is 0.938. The third-order valence-electron chi connectivity index (χ3n) is 3.40. The van der Waals surface area contributed by atoms with E-state index in [0.717, 1.165) is 31.4 Å². The monoisotopic (exact) mass is 295 g/mol. The Morgan fingerprint density at radius 2 is 2.29 bits per heavy atom. The van der Waals surface area contributed by atoms with Gasteiger partial charge in [0.2, 0.25) is 0 Å². The highest BCUT2D eigenvalue weighted by Gasteiger charge is 2.14. The highest BCUT2D eigenvalue weighted by molar-refractivity contribution is 5.43. The molecule has 116 valence electrons. The van der Waals surface area contributed by atoms with Crippen LogP contribution in [0.3, 0.4) is 0 Å². The molecule has 6 heteroatoms. The number of aryl methyl sites for hydroxylation is 1. The average molecular weight is 295 g/mol. The van der Waals surface area contributed by atoms with Gasteiger partial charge in [-0.05, 0) is 31.4 Å². The molecule has 1 fully saturated rings. The van der Waals surface area contributed by atoms with Crippen LogP contribution >= 0.6 is 0 Å². The molecule has 0 spiro atoms. The molecule has 0 radical (unpaired) electrons. The van der Waals surface area contributed by atoms with E-state index in [9.17, 15) is 10.1 Å². The molecule has 1 saturated heterocycles. The van der Waals surface area contributed by atoms with Crippen molar-refractivity contribution in [2.24, 2.45) is 0 Å². The molecule has 0 aliphatic carbocycles. The van der Waals surface area contributed by atoms with Crippen molar-refractivity contribution in [1.29, 1.82) is 0 Å². The van der Waals surface area contributed by atoms with Gasteiger partial charge in [-0.1, -0.05) is 0 Å². The molecule has 1 aliphatic rings. The lowest BCUT2D eigenvalue weighted by Crippen LogP contribution is -2.26. The van der Waals surface area contributed by atoms with E-state index >= 15 is 0 Å². The van der Waals surface area contributed by atoms with Gasteiger partial charge in [-0.15, -0.1) is 0 Å². The van der Waals surface area contributed by atoms with Crippen molar-refractivity contribution in [2.75, 3.05) is 26.4 Å². The third kappa shape index (κ3) is 4.99. The van der Waals surface area contributed by atoms with Gasteiger partial charge in [0, 0.05) is 19.1 Å². The van der Waals surface area contributed by atoms with Crippen LogP contribution in [0.5, 0.6) is 5.75 Å². The summed E-state index contributed by atoms with van der Waals surface area (Å²) in [5, 5.41) is 10.7. The number of nitro groups is 1. The van der Waals surface area contributed by atoms with Gasteiger partial charge in [0.15, 0.2) is 0 Å². The van der Waals surface area contributed by atoms with Gasteiger partial charge in [-0.25, -0.2) is 0 Å². The largest absolute Gasteiger partial charge is 0.493 e. The smallest absolute Gasteiger partial charge is 0.273 e. The summed E-state index contributed by atoms with van der Waals surface area (Å²) in [6.07, 6.45) is 3.04. The van der Waals surface area contributed by atoms with E-state index in [1.54, 1.807) is 6.07 Å². The number of nitro benzene ring substituents is 1. The van der Waals surface area contributed by atoms with Crippen LogP contribution in [-0.2, 0) is 9.47 Å². The summed E-state index contributed by atoms with van der Waals surface area (Å²) in [6.45, 7) is 4.46. The van der Waals surface area contributed by atoms with Gasteiger partial charge in [0.05, 0.1) is 36.9 Å². The zero-order valence-electron chi connectivity index (χ0n) is 12.2. The fourth-order valence-corrected chi connectivity index (χ4v) is 2.19. The van der Waals surface area contributed by atoms with Crippen LogP contribution in [0, 0.1) is 17.0 Å². The Balaban J connectivity index is 1.70. The van der Waals surface area contributed by atoms with E-state index in [1.165, 1.54) is 12.1 Å². The lowest BCUT2D eigenvalue weighted by Gasteiger charge is -2.22. The van der Waals surface area contributed by atoms with Gasteiger partial charge >= 0.3 is 0 Å². The molecule has 0 bridgehead atoms. The number of hydrogen-bond donors (Lipinski definition) is 0. The number of rotatable bonds is 7. The van der Waals surface area contributed by atoms with Gasteiger partial charge in [-0.2, -0.15) is 0 Å². The molecule has 0 N–H and O–H groups in total. The standard InChI is InChI=1S/C15H21NO5/c1-12-5-6-13(16(17)18)10-15(12)21-9-3-8-20-14-4-2-7-19-11-14/h5-6,10,14H,2-4,7-9,11H2,1H3. The lowest BCUT2D eigenvalue weighted by atomic mass is 10.2. The van der Waals surface area contributed by atoms with Crippen molar-refractivity contribution in [2.45, 2.75) is 32.3 Å². The molecule has 0 aromatic heterocycles. The maximum absolute atomic E-state index is 10.7. The quantitative estimate of drug-likeness (QED) is 0.439. The second-order valence-electron chi connectivity index (χ2n) is 5.12. The first-order valence-corrected chi connectivity index (χ1v) is 7.24. The SMILES string of the molecule is Cc1ccc([N+](=O)[O-])cc1OCCCOC1CCCOC1. The predicted molar refractivity (Wildman–Crippen MR) is 77.7 cm³/mol. The summed E-state index contributed by atoms with van der Waals surface area (Å²) >= 11 is 0. The molecule has 1 atom stereocenters. The molecule has 21 heavy (non-hydrogen) atoms. The zero-order chi connectivity index (χ0) is 15.1. The Morgan fingerprint density at radius 3 is 3.00 bits per heavy atom. The van der Waals surface area contributed by atoms with E-state index in [4.69, 9.17) is 14.2 Å². The van der Waals surface area contributed by atoms with E-state index in [1.807, 2.05) is 6.92 Å². The molecule has 2 rings (SSSR count). The van der Waals surface area contributed by atoms with Crippen LogP contribution in [0.15, 0.2) is 18.2 Å². The van der Waals surface area contributed by atoms with Crippen molar-refractivity contribution in [3.05, 3.63) is 33.9 Å². The van der Waals surface area contributed by atoms with Crippen molar-refractivity contribution in [3.8, 4) is 5.75 Å². The molecule has 1 aromatic carbocycles. The van der Waals surface area contributed by atoms with Crippen LogP contribution in [0.4, 0.5) is 5.69 Å². The van der Waals surface area contributed by atoms with Crippen molar-refractivity contribution in [1.82, 2.24) is 0 Å². The van der Waals surface area contributed by atoms with Crippen LogP contribution in [0.2, 0.25) is 0 Å². The normalized spacial score (nSPS) is 18.4. The number of hydrogen-bond acceptors (Lipinski definition) is 5. The van der Waals surface area contributed by atoms with Gasteiger partial charge in [0.25, 0.3) is 5.69 Å². The summed E-state index contributed by atoms with van der Waals surface area (Å²) < 4.78 is 16.6. The Bertz CT molecular complexity index is 471. The van der Waals surface area contributed by atoms with E-state index in [2.05, 4.69) is 0 Å². The lowest BCUT2D eigenvalue weighted by molar-refractivity contribution is -0.384. The molecular weight excluding hydrogens is 274 g/mol. The fourth-order valence-electron chi connectivity index (χ4n) is 2.19. The molecule has 1 aromatic rings. The van der Waals surface area contributed by atoms with Gasteiger partial charge in [0.1, 0.15) is 5.75 Å². The van der Waals surface area contributed by atoms with Gasteiger partial charge in [-0.3, -0.25) is 10.1 Å². The predicted octanol–water partition coefficient (Wildman–Crippen LogP) is 2.87. The van der Waals surface area contributed by atoms with E-state index < -0.39 is 4.92 Å². The molecule has 1 unspecified atom stereocenters. The summed E-state index contributed by atoms with van der Waals surface area (Å²) in [5.74, 6) is 0.560. The molecule has 0 saturated carbocycles. The van der Waals surface area contributed by atoms with Gasteiger partial charge < -0.3 is 14.2 Å². The topological polar surface area (TPSA) is 70.8 Å². The second kappa shape index (κ2) is 7.95. The minimum atomic E-state index is -0.418. The van der Waals surface area contributed by atoms with E-state index in [0.29, 0.717) is 25.6 Å². The zero-order valence-corrected chi connectivity index (χ0v) is 12.2. The molecule has 0 amide bonds. The minimum absolute atomic E-state index is 0.0474. The molecule has 6 nitrogen and oxygen atoms in total. The highest BCUT2D eigenvalue weighted by atomic mass is 16.6. The molecule has 1 aliphatic heterocycles. The Labute approximate surface area is 124 Å². The van der Waals surface area contributed by atoms with Crippen LogP contribution in [0.25, 0.3) is 0 Å². The molecule has 1 heterocycles. The average Bonchev–Trinajstić information content (AvgIpc) is 2.49. The number of benzene rings is 1. The van der Waals surface area contributed by atoms with Crippen molar-refractivity contribution in [3.63, 3.8) is 0 Å². The Kier molecular flexibility index (Phi) is 5.95. The fraction of sp³-hybridized carbons (Fsp3) is 0.600. The number of nitrogens with zero attached hydrogens (tertiary/aromatic N) is 1. The first kappa shape index (κ1) is 15.7. The van der Waals surface area contributed by atoms with Crippen molar-refractivity contribution >= 4 is 5.69 Å². The summed E-state index contributed by atoms with van der Waals surface area (Å²) in [6, 6.07) is 4.64. The summed E-state index contributed by atoms with van der Waals surface area (Å²) in [4.78, 5) is 10.3. The first-order valence-electron chi connectivity index (χ1n) is 7.24. The van der Waals surface area contributed by atoms with Crippen LogP contribution < -0.4 is 4.74 Å². The van der Waals surface area contributed by atoms with Crippen LogP contribution in [0.1, 0.15) is 24.8 Å². The Morgan fingerprint density at radius 1 is 1.43 bits per heavy atom. The maximum Gasteiger partial charge on any atom is 0.273 e. The van der Waals surface area contributed by atoms with Crippen LogP contribution in [-0.4, -0.2) is 37.5 Å². The maximum atomic E-state index is 10.7. The second-order valence-corrected chi connectivity index (χ2v) is 5.12. The third-order valence-corrected chi connectivity index (χ3v) is 3.40. The van der Waals surface area contributed by atoms with E-state index in [-0.39, 0.29) is 11.8 Å². The number of ether oxygens (including phenoxy) is 3. The van der Waals surface area contributed by atoms with Crippen molar-refractivity contribution < 1.29 is 19.1 Å². The Hall–Kier alpha value is -1.66. The first-order chi connectivity index (χ1) is 10.2. The summed E-state index contributed by atoms with van der Waals surface area (Å²) in [7, 11) is 0. The highest BCUT2D eigenvalue weighted by Crippen LogP contribution is 2.24. The number of non-ortho nitro benzene ring substituents is 1.